The van der Waals surface area contributed by atoms with Crippen LogP contribution in [0.25, 0.3) is 17.4 Å². The van der Waals surface area contributed by atoms with Crippen molar-refractivity contribution in [1.29, 1.82) is 0 Å². The fourth-order valence-electron chi connectivity index (χ4n) is 2.86. The number of halogens is 2. The number of carboxylic acid groups (broad SMARTS) is 1. The van der Waals surface area contributed by atoms with Gasteiger partial charge in [0, 0.05) is 23.7 Å². The molecule has 1 aliphatic rings. The van der Waals surface area contributed by atoms with Crippen molar-refractivity contribution in [1.82, 2.24) is 4.90 Å². The molecule has 1 saturated heterocycles. The number of amidine groups is 1. The van der Waals surface area contributed by atoms with Crippen molar-refractivity contribution < 1.29 is 19.1 Å². The van der Waals surface area contributed by atoms with Crippen LogP contribution in [0.5, 0.6) is 0 Å². The molecule has 0 radical (unpaired) electrons. The molecule has 1 aliphatic heterocycles. The number of carbonyl (C=O) groups is 2. The third kappa shape index (κ3) is 4.54. The zero-order chi connectivity index (χ0) is 22.1. The maximum atomic E-state index is 12.6. The predicted octanol–water partition coefficient (Wildman–Crippen LogP) is 6.19. The van der Waals surface area contributed by atoms with Gasteiger partial charge < -0.3 is 9.52 Å². The zero-order valence-electron chi connectivity index (χ0n) is 16.0. The molecule has 0 unspecified atom stereocenters. The molecule has 0 bridgehead atoms. The van der Waals surface area contributed by atoms with E-state index in [9.17, 15) is 9.59 Å². The molecule has 0 spiro atoms. The average Bonchev–Trinajstić information content (AvgIpc) is 3.29. The number of amides is 1. The van der Waals surface area contributed by atoms with E-state index in [1.807, 2.05) is 0 Å². The number of hydrogen-bond acceptors (Lipinski definition) is 5. The average molecular weight is 473 g/mol. The van der Waals surface area contributed by atoms with Gasteiger partial charge in [-0.1, -0.05) is 29.3 Å². The highest BCUT2D eigenvalue weighted by Gasteiger charge is 2.30. The summed E-state index contributed by atoms with van der Waals surface area (Å²) >= 11 is 13.4. The molecule has 1 amide bonds. The molecule has 156 valence electrons. The standard InChI is InChI=1S/C22H14Cl2N2O4S/c1-26-20(27)19(31-22(26)25-14-4-2-3-12(9-14)21(28)29)11-15-6-8-18(30-15)16-7-5-13(23)10-17(16)24/h2-11H,1H3,(H,28,29)/b19-11+,25-22?. The molecule has 0 aliphatic carbocycles. The fraction of sp³-hybridized carbons (Fsp3) is 0.0455. The van der Waals surface area contributed by atoms with Crippen molar-refractivity contribution in [2.24, 2.45) is 4.99 Å². The Balaban J connectivity index is 1.60. The van der Waals surface area contributed by atoms with Gasteiger partial charge in [0.2, 0.25) is 0 Å². The molecule has 3 aromatic rings. The Kier molecular flexibility index (Phi) is 5.91. The minimum absolute atomic E-state index is 0.124. The molecule has 0 atom stereocenters. The third-order valence-electron chi connectivity index (χ3n) is 4.42. The fourth-order valence-corrected chi connectivity index (χ4v) is 4.33. The largest absolute Gasteiger partial charge is 0.478 e. The first kappa shape index (κ1) is 21.2. The molecule has 6 nitrogen and oxygen atoms in total. The molecule has 1 N–H and O–H groups in total. The summed E-state index contributed by atoms with van der Waals surface area (Å²) in [6, 6.07) is 14.8. The van der Waals surface area contributed by atoms with E-state index in [4.69, 9.17) is 32.7 Å². The highest BCUT2D eigenvalue weighted by molar-refractivity contribution is 8.18. The molecule has 31 heavy (non-hydrogen) atoms. The monoisotopic (exact) mass is 472 g/mol. The van der Waals surface area contributed by atoms with Crippen molar-refractivity contribution in [2.45, 2.75) is 0 Å². The first-order valence-corrected chi connectivity index (χ1v) is 10.5. The summed E-state index contributed by atoms with van der Waals surface area (Å²) in [6.07, 6.45) is 1.63. The van der Waals surface area contributed by atoms with E-state index < -0.39 is 5.97 Å². The Morgan fingerprint density at radius 1 is 1.16 bits per heavy atom. The van der Waals surface area contributed by atoms with Gasteiger partial charge in [0.15, 0.2) is 5.17 Å². The number of nitrogens with zero attached hydrogens (tertiary/aromatic N) is 2. The maximum absolute atomic E-state index is 12.6. The van der Waals surface area contributed by atoms with Crippen LogP contribution in [0.2, 0.25) is 10.0 Å². The number of carboxylic acids is 1. The predicted molar refractivity (Wildman–Crippen MR) is 123 cm³/mol. The topological polar surface area (TPSA) is 83.1 Å². The maximum Gasteiger partial charge on any atom is 0.335 e. The summed E-state index contributed by atoms with van der Waals surface area (Å²) in [5.41, 5.74) is 1.26. The van der Waals surface area contributed by atoms with E-state index in [-0.39, 0.29) is 11.5 Å². The number of aromatic carboxylic acids is 1. The minimum atomic E-state index is -1.04. The van der Waals surface area contributed by atoms with Crippen LogP contribution in [0.1, 0.15) is 16.1 Å². The van der Waals surface area contributed by atoms with Crippen LogP contribution in [0.15, 0.2) is 68.9 Å². The van der Waals surface area contributed by atoms with Crippen LogP contribution in [-0.2, 0) is 4.79 Å². The summed E-state index contributed by atoms with van der Waals surface area (Å²) in [6.45, 7) is 0. The van der Waals surface area contributed by atoms with Gasteiger partial charge in [-0.2, -0.15) is 0 Å². The smallest absolute Gasteiger partial charge is 0.335 e. The Bertz CT molecular complexity index is 1270. The second kappa shape index (κ2) is 8.63. The molecular weight excluding hydrogens is 459 g/mol. The summed E-state index contributed by atoms with van der Waals surface area (Å²) in [7, 11) is 1.61. The van der Waals surface area contributed by atoms with E-state index in [1.165, 1.54) is 28.8 Å². The molecule has 2 heterocycles. The molecule has 4 rings (SSSR count). The van der Waals surface area contributed by atoms with Gasteiger partial charge in [0.25, 0.3) is 5.91 Å². The summed E-state index contributed by atoms with van der Waals surface area (Å²) in [5, 5.41) is 10.6. The van der Waals surface area contributed by atoms with Crippen LogP contribution in [0.3, 0.4) is 0 Å². The van der Waals surface area contributed by atoms with E-state index in [1.54, 1.807) is 55.6 Å². The Morgan fingerprint density at radius 2 is 1.97 bits per heavy atom. The lowest BCUT2D eigenvalue weighted by atomic mass is 10.2. The number of thioether (sulfide) groups is 1. The number of rotatable bonds is 4. The van der Waals surface area contributed by atoms with Crippen LogP contribution in [0, 0.1) is 0 Å². The van der Waals surface area contributed by atoms with Crippen molar-refractivity contribution in [3.05, 3.63) is 80.9 Å². The van der Waals surface area contributed by atoms with E-state index in [2.05, 4.69) is 4.99 Å². The van der Waals surface area contributed by atoms with Gasteiger partial charge in [0.1, 0.15) is 11.5 Å². The van der Waals surface area contributed by atoms with Crippen molar-refractivity contribution in [2.75, 3.05) is 7.05 Å². The van der Waals surface area contributed by atoms with E-state index in [0.29, 0.717) is 42.9 Å². The molecule has 2 aromatic carbocycles. The number of carbonyl (C=O) groups excluding carboxylic acids is 1. The van der Waals surface area contributed by atoms with Gasteiger partial charge >= 0.3 is 5.97 Å². The molecular formula is C22H14Cl2N2O4S. The van der Waals surface area contributed by atoms with Crippen molar-refractivity contribution in [3.8, 4) is 11.3 Å². The lowest BCUT2D eigenvalue weighted by Gasteiger charge is -2.07. The minimum Gasteiger partial charge on any atom is -0.478 e. The number of furan rings is 1. The zero-order valence-corrected chi connectivity index (χ0v) is 18.3. The normalized spacial score (nSPS) is 16.5. The van der Waals surface area contributed by atoms with Gasteiger partial charge in [-0.05, 0) is 60.3 Å². The van der Waals surface area contributed by atoms with Crippen LogP contribution in [-0.4, -0.2) is 34.1 Å². The molecule has 1 fully saturated rings. The van der Waals surface area contributed by atoms with Gasteiger partial charge in [0.05, 0.1) is 21.2 Å². The first-order chi connectivity index (χ1) is 14.8. The van der Waals surface area contributed by atoms with Gasteiger partial charge in [-0.3, -0.25) is 9.69 Å². The van der Waals surface area contributed by atoms with Gasteiger partial charge in [-0.15, -0.1) is 0 Å². The third-order valence-corrected chi connectivity index (χ3v) is 6.03. The molecule has 0 saturated carbocycles. The second-order valence-electron chi connectivity index (χ2n) is 6.55. The van der Waals surface area contributed by atoms with E-state index in [0.717, 1.165) is 0 Å². The van der Waals surface area contributed by atoms with Crippen LogP contribution < -0.4 is 0 Å². The number of likely N-dealkylation sites (N-methyl/N-ethyl adjacent to an activating group) is 1. The van der Waals surface area contributed by atoms with Crippen LogP contribution in [0.4, 0.5) is 5.69 Å². The SMILES string of the molecule is CN1C(=O)/C(=C\c2ccc(-c3ccc(Cl)cc3Cl)o2)SC1=Nc1cccc(C(=O)O)c1. The number of aliphatic imine (C=N–C) groups is 1. The van der Waals surface area contributed by atoms with Crippen molar-refractivity contribution >= 4 is 63.8 Å². The van der Waals surface area contributed by atoms with Crippen LogP contribution >= 0.6 is 35.0 Å². The summed E-state index contributed by atoms with van der Waals surface area (Å²) in [4.78, 5) is 30.0. The summed E-state index contributed by atoms with van der Waals surface area (Å²) < 4.78 is 5.84. The van der Waals surface area contributed by atoms with Crippen molar-refractivity contribution in [3.63, 3.8) is 0 Å². The first-order valence-electron chi connectivity index (χ1n) is 8.97. The second-order valence-corrected chi connectivity index (χ2v) is 8.40. The highest BCUT2D eigenvalue weighted by atomic mass is 35.5. The number of hydrogen-bond donors (Lipinski definition) is 1. The van der Waals surface area contributed by atoms with E-state index >= 15 is 0 Å². The highest BCUT2D eigenvalue weighted by Crippen LogP contribution is 2.35. The quantitative estimate of drug-likeness (QED) is 0.457. The molecule has 9 heteroatoms. The Labute approximate surface area is 191 Å². The number of benzene rings is 2. The Hall–Kier alpha value is -3.00. The summed E-state index contributed by atoms with van der Waals surface area (Å²) in [5.74, 6) is -0.239. The lowest BCUT2D eigenvalue weighted by Crippen LogP contribution is -2.23. The molecule has 1 aromatic heterocycles. The lowest BCUT2D eigenvalue weighted by molar-refractivity contribution is -0.121. The Morgan fingerprint density at radius 3 is 2.71 bits per heavy atom. The van der Waals surface area contributed by atoms with Gasteiger partial charge in [-0.25, -0.2) is 9.79 Å².